The minimum absolute atomic E-state index is 0.603. The lowest BCUT2D eigenvalue weighted by atomic mass is 10.2. The predicted octanol–water partition coefficient (Wildman–Crippen LogP) is 1.28. The molecule has 8 nitrogen and oxygen atoms in total. The first-order valence-corrected chi connectivity index (χ1v) is 8.17. The van der Waals surface area contributed by atoms with Crippen molar-refractivity contribution in [1.29, 1.82) is 0 Å². The fourth-order valence-electron chi connectivity index (χ4n) is 3.38. The number of morpholine rings is 1. The second-order valence-corrected chi connectivity index (χ2v) is 5.97. The van der Waals surface area contributed by atoms with Crippen LogP contribution in [0.3, 0.4) is 0 Å². The highest BCUT2D eigenvalue weighted by Gasteiger charge is 2.26. The molecule has 8 heteroatoms. The molecule has 1 saturated heterocycles. The number of fused-ring (bicyclic) bond motifs is 2. The van der Waals surface area contributed by atoms with Crippen molar-refractivity contribution in [1.82, 2.24) is 25.4 Å². The highest BCUT2D eigenvalue weighted by Crippen LogP contribution is 2.34. The first-order valence-electron chi connectivity index (χ1n) is 8.17. The molecule has 5 rings (SSSR count). The molecule has 1 aromatic carbocycles. The zero-order valence-electron chi connectivity index (χ0n) is 13.1. The van der Waals surface area contributed by atoms with Crippen molar-refractivity contribution in [2.75, 3.05) is 42.6 Å². The van der Waals surface area contributed by atoms with Gasteiger partial charge in [0.2, 0.25) is 11.6 Å². The average molecular weight is 323 g/mol. The second-order valence-electron chi connectivity index (χ2n) is 5.97. The molecule has 0 spiro atoms. The van der Waals surface area contributed by atoms with Gasteiger partial charge in [0, 0.05) is 25.3 Å². The number of rotatable bonds is 2. The Morgan fingerprint density at radius 2 is 1.88 bits per heavy atom. The number of nitrogens with one attached hydrogen (secondary N) is 1. The molecule has 0 radical (unpaired) electrons. The summed E-state index contributed by atoms with van der Waals surface area (Å²) in [5, 5.41) is 11.1. The molecule has 2 aliphatic heterocycles. The first-order chi connectivity index (χ1) is 11.9. The van der Waals surface area contributed by atoms with E-state index < -0.39 is 0 Å². The lowest BCUT2D eigenvalue weighted by Crippen LogP contribution is -2.37. The number of para-hydroxylation sites is 1. The fourth-order valence-corrected chi connectivity index (χ4v) is 3.38. The summed E-state index contributed by atoms with van der Waals surface area (Å²) < 4.78 is 5.45. The maximum absolute atomic E-state index is 5.45. The van der Waals surface area contributed by atoms with Crippen LogP contribution >= 0.6 is 0 Å². The van der Waals surface area contributed by atoms with Gasteiger partial charge in [-0.15, -0.1) is 5.10 Å². The fraction of sp³-hybridized carbons (Fsp3) is 0.375. The maximum atomic E-state index is 5.45. The summed E-state index contributed by atoms with van der Waals surface area (Å²) in [7, 11) is 0. The normalized spacial score (nSPS) is 17.5. The van der Waals surface area contributed by atoms with Gasteiger partial charge in [0.05, 0.1) is 13.2 Å². The van der Waals surface area contributed by atoms with Gasteiger partial charge >= 0.3 is 0 Å². The Labute approximate surface area is 138 Å². The van der Waals surface area contributed by atoms with Crippen LogP contribution in [0.5, 0.6) is 0 Å². The molecule has 0 unspecified atom stereocenters. The van der Waals surface area contributed by atoms with Crippen LogP contribution in [0.15, 0.2) is 24.3 Å². The van der Waals surface area contributed by atoms with E-state index >= 15 is 0 Å². The van der Waals surface area contributed by atoms with Gasteiger partial charge in [0.1, 0.15) is 0 Å². The third-order valence-corrected chi connectivity index (χ3v) is 4.59. The smallest absolute Gasteiger partial charge is 0.234 e. The molecule has 0 atom stereocenters. The molecule has 3 aromatic rings. The van der Waals surface area contributed by atoms with E-state index in [1.54, 1.807) is 0 Å². The predicted molar refractivity (Wildman–Crippen MR) is 89.7 cm³/mol. The number of H-pyrrole nitrogens is 1. The Kier molecular flexibility index (Phi) is 3.08. The summed E-state index contributed by atoms with van der Waals surface area (Å²) >= 11 is 0. The third kappa shape index (κ3) is 2.10. The molecule has 1 fully saturated rings. The molecular formula is C16H17N7O. The number of aromatic amines is 1. The molecule has 0 aliphatic carbocycles. The lowest BCUT2D eigenvalue weighted by Gasteiger charge is -2.28. The van der Waals surface area contributed by atoms with Crippen molar-refractivity contribution in [3.05, 3.63) is 29.8 Å². The molecular weight excluding hydrogens is 306 g/mol. The van der Waals surface area contributed by atoms with Crippen molar-refractivity contribution in [2.24, 2.45) is 0 Å². The minimum atomic E-state index is 0.603. The maximum Gasteiger partial charge on any atom is 0.234 e. The van der Waals surface area contributed by atoms with E-state index in [0.29, 0.717) is 30.3 Å². The zero-order chi connectivity index (χ0) is 15.9. The Balaban J connectivity index is 1.62. The standard InChI is InChI=1S/C16H17N7O/c1-2-4-12-11(3-1)5-6-23(12)16-17-14-13(19-21-20-14)15(18-16)22-7-9-24-10-8-22/h1-4H,5-10H2,(H,17,18,19,20,21). The van der Waals surface area contributed by atoms with Crippen LogP contribution in [0.1, 0.15) is 5.56 Å². The minimum Gasteiger partial charge on any atom is -0.378 e. The Hall–Kier alpha value is -2.74. The number of nitrogens with zero attached hydrogens (tertiary/aromatic N) is 6. The van der Waals surface area contributed by atoms with E-state index in [9.17, 15) is 0 Å². The molecule has 0 amide bonds. The summed E-state index contributed by atoms with van der Waals surface area (Å²) in [6.45, 7) is 3.88. The van der Waals surface area contributed by atoms with E-state index in [1.165, 1.54) is 11.3 Å². The third-order valence-electron chi connectivity index (χ3n) is 4.59. The molecule has 24 heavy (non-hydrogen) atoms. The Morgan fingerprint density at radius 1 is 1.00 bits per heavy atom. The van der Waals surface area contributed by atoms with Crippen LogP contribution < -0.4 is 9.80 Å². The van der Waals surface area contributed by atoms with Gasteiger partial charge in [-0.3, -0.25) is 0 Å². The number of ether oxygens (including phenoxy) is 1. The van der Waals surface area contributed by atoms with Gasteiger partial charge in [0.25, 0.3) is 0 Å². The topological polar surface area (TPSA) is 83.1 Å². The first kappa shape index (κ1) is 13.7. The highest BCUT2D eigenvalue weighted by molar-refractivity contribution is 5.84. The van der Waals surface area contributed by atoms with Gasteiger partial charge < -0.3 is 14.5 Å². The lowest BCUT2D eigenvalue weighted by molar-refractivity contribution is 0.122. The summed E-state index contributed by atoms with van der Waals surface area (Å²) in [6, 6.07) is 8.40. The highest BCUT2D eigenvalue weighted by atomic mass is 16.5. The van der Waals surface area contributed by atoms with Crippen LogP contribution in [0.25, 0.3) is 11.2 Å². The molecule has 0 saturated carbocycles. The molecule has 0 bridgehead atoms. The van der Waals surface area contributed by atoms with E-state index in [2.05, 4.69) is 54.5 Å². The molecule has 122 valence electrons. The summed E-state index contributed by atoms with van der Waals surface area (Å²) in [5.74, 6) is 1.51. The van der Waals surface area contributed by atoms with Crippen LogP contribution in [-0.2, 0) is 11.2 Å². The van der Waals surface area contributed by atoms with Crippen LogP contribution in [0.4, 0.5) is 17.5 Å². The largest absolute Gasteiger partial charge is 0.378 e. The SMILES string of the molecule is c1ccc2c(c1)CCN2c1nc(N2CCOCC2)c2n[nH]nc2n1. The summed E-state index contributed by atoms with van der Waals surface area (Å²) in [5.41, 5.74) is 3.82. The van der Waals surface area contributed by atoms with Crippen molar-refractivity contribution in [3.8, 4) is 0 Å². The number of aromatic nitrogens is 5. The monoisotopic (exact) mass is 323 g/mol. The van der Waals surface area contributed by atoms with Crippen molar-refractivity contribution >= 4 is 28.6 Å². The van der Waals surface area contributed by atoms with Crippen molar-refractivity contribution in [2.45, 2.75) is 6.42 Å². The van der Waals surface area contributed by atoms with Gasteiger partial charge in [0.15, 0.2) is 11.3 Å². The summed E-state index contributed by atoms with van der Waals surface area (Å²) in [4.78, 5) is 13.8. The van der Waals surface area contributed by atoms with Crippen molar-refractivity contribution < 1.29 is 4.74 Å². The van der Waals surface area contributed by atoms with Crippen LogP contribution in [0, 0.1) is 0 Å². The Morgan fingerprint density at radius 3 is 2.79 bits per heavy atom. The van der Waals surface area contributed by atoms with Gasteiger partial charge in [-0.05, 0) is 18.1 Å². The van der Waals surface area contributed by atoms with E-state index in [0.717, 1.165) is 31.9 Å². The van der Waals surface area contributed by atoms with Gasteiger partial charge in [-0.1, -0.05) is 18.2 Å². The van der Waals surface area contributed by atoms with Crippen LogP contribution in [-0.4, -0.2) is 58.2 Å². The number of anilines is 3. The number of benzene rings is 1. The number of hydrogen-bond donors (Lipinski definition) is 1. The quantitative estimate of drug-likeness (QED) is 0.760. The van der Waals surface area contributed by atoms with E-state index in [-0.39, 0.29) is 0 Å². The van der Waals surface area contributed by atoms with E-state index in [4.69, 9.17) is 9.72 Å². The van der Waals surface area contributed by atoms with Crippen molar-refractivity contribution in [3.63, 3.8) is 0 Å². The Bertz CT molecular complexity index is 887. The average Bonchev–Trinajstić information content (AvgIpc) is 3.28. The zero-order valence-corrected chi connectivity index (χ0v) is 13.1. The van der Waals surface area contributed by atoms with Gasteiger partial charge in [-0.25, -0.2) is 0 Å². The molecule has 1 N–H and O–H groups in total. The summed E-state index contributed by atoms with van der Waals surface area (Å²) in [6.07, 6.45) is 1.00. The van der Waals surface area contributed by atoms with Gasteiger partial charge in [-0.2, -0.15) is 20.3 Å². The molecule has 4 heterocycles. The second kappa shape index (κ2) is 5.41. The van der Waals surface area contributed by atoms with E-state index in [1.807, 2.05) is 0 Å². The molecule has 2 aromatic heterocycles. The number of hydrogen-bond acceptors (Lipinski definition) is 7. The van der Waals surface area contributed by atoms with Crippen LogP contribution in [0.2, 0.25) is 0 Å². The molecule has 2 aliphatic rings.